The number of rotatable bonds is 9. The van der Waals surface area contributed by atoms with Crippen LogP contribution in [0.3, 0.4) is 0 Å². The first-order valence-corrected chi connectivity index (χ1v) is 11.4. The number of anilines is 1. The van der Waals surface area contributed by atoms with Crippen molar-refractivity contribution in [2.45, 2.75) is 18.8 Å². The van der Waals surface area contributed by atoms with E-state index in [2.05, 4.69) is 34.6 Å². The number of hydrogen-bond donors (Lipinski definition) is 2. The number of fused-ring (bicyclic) bond motifs is 3. The molecular formula is C24H23N3O6S. The molecule has 1 aliphatic rings. The normalized spacial score (nSPS) is 12.0. The van der Waals surface area contributed by atoms with Gasteiger partial charge >= 0.3 is 12.1 Å². The fourth-order valence-corrected chi connectivity index (χ4v) is 4.61. The smallest absolute Gasteiger partial charge is 0.413 e. The second-order valence-corrected chi connectivity index (χ2v) is 8.76. The summed E-state index contributed by atoms with van der Waals surface area (Å²) in [5, 5.41) is 12.5. The lowest BCUT2D eigenvalue weighted by Gasteiger charge is -2.14. The van der Waals surface area contributed by atoms with E-state index in [9.17, 15) is 14.4 Å². The highest BCUT2D eigenvalue weighted by atomic mass is 32.1. The Morgan fingerprint density at radius 2 is 1.74 bits per heavy atom. The van der Waals surface area contributed by atoms with Gasteiger partial charge in [-0.05, 0) is 28.7 Å². The second-order valence-electron chi connectivity index (χ2n) is 7.64. The number of carbonyl (C=O) groups excluding carboxylic acids is 2. The Morgan fingerprint density at radius 1 is 1.09 bits per heavy atom. The SMILES string of the molecule is CN(OCC(=O)O)C(=O)CCc1cnc(NC(=O)OCC2c3ccccc3-c3ccccc32)s1. The molecule has 2 N–H and O–H groups in total. The van der Waals surface area contributed by atoms with Crippen molar-refractivity contribution in [1.82, 2.24) is 10.0 Å². The number of carboxylic acid groups (broad SMARTS) is 1. The van der Waals surface area contributed by atoms with Crippen molar-refractivity contribution in [3.05, 3.63) is 70.7 Å². The van der Waals surface area contributed by atoms with E-state index >= 15 is 0 Å². The average Bonchev–Trinajstić information content (AvgIpc) is 3.41. The molecule has 0 unspecified atom stereocenters. The number of hydrogen-bond acceptors (Lipinski definition) is 7. The Labute approximate surface area is 199 Å². The number of nitrogens with zero attached hydrogens (tertiary/aromatic N) is 2. The largest absolute Gasteiger partial charge is 0.479 e. The molecule has 1 aliphatic carbocycles. The number of carbonyl (C=O) groups is 3. The number of benzene rings is 2. The third-order valence-electron chi connectivity index (χ3n) is 5.42. The van der Waals surface area contributed by atoms with Crippen LogP contribution in [0.4, 0.5) is 9.93 Å². The first kappa shape index (κ1) is 23.4. The van der Waals surface area contributed by atoms with Crippen LogP contribution in [0.1, 0.15) is 28.3 Å². The van der Waals surface area contributed by atoms with Crippen molar-refractivity contribution in [3.63, 3.8) is 0 Å². The summed E-state index contributed by atoms with van der Waals surface area (Å²) >= 11 is 1.24. The van der Waals surface area contributed by atoms with E-state index in [1.807, 2.05) is 24.3 Å². The summed E-state index contributed by atoms with van der Waals surface area (Å²) in [6.45, 7) is -0.383. The van der Waals surface area contributed by atoms with Gasteiger partial charge in [-0.1, -0.05) is 48.5 Å². The Morgan fingerprint density at radius 3 is 2.38 bits per heavy atom. The third-order valence-corrected chi connectivity index (χ3v) is 6.40. The van der Waals surface area contributed by atoms with Crippen molar-refractivity contribution in [2.75, 3.05) is 25.6 Å². The highest BCUT2D eigenvalue weighted by Gasteiger charge is 2.29. The zero-order valence-electron chi connectivity index (χ0n) is 18.4. The molecule has 176 valence electrons. The van der Waals surface area contributed by atoms with Gasteiger partial charge in [-0.25, -0.2) is 19.6 Å². The molecule has 2 amide bonds. The van der Waals surface area contributed by atoms with Crippen molar-refractivity contribution >= 4 is 34.4 Å². The molecule has 0 spiro atoms. The number of thiazole rings is 1. The maximum Gasteiger partial charge on any atom is 0.413 e. The van der Waals surface area contributed by atoms with Crippen LogP contribution in [0.25, 0.3) is 11.1 Å². The summed E-state index contributed by atoms with van der Waals surface area (Å²) in [6, 6.07) is 16.2. The minimum atomic E-state index is -1.16. The highest BCUT2D eigenvalue weighted by molar-refractivity contribution is 7.15. The van der Waals surface area contributed by atoms with E-state index < -0.39 is 18.7 Å². The summed E-state index contributed by atoms with van der Waals surface area (Å²) in [7, 11) is 1.36. The van der Waals surface area contributed by atoms with Gasteiger partial charge in [-0.15, -0.1) is 11.3 Å². The first-order valence-electron chi connectivity index (χ1n) is 10.6. The first-order chi connectivity index (χ1) is 16.4. The van der Waals surface area contributed by atoms with Gasteiger partial charge in [0.1, 0.15) is 6.61 Å². The van der Waals surface area contributed by atoms with Gasteiger partial charge in [0, 0.05) is 30.5 Å². The molecule has 0 saturated heterocycles. The van der Waals surface area contributed by atoms with Gasteiger partial charge in [-0.2, -0.15) is 0 Å². The molecule has 0 fully saturated rings. The lowest BCUT2D eigenvalue weighted by Crippen LogP contribution is -2.29. The van der Waals surface area contributed by atoms with Gasteiger partial charge in [0.15, 0.2) is 11.7 Å². The monoisotopic (exact) mass is 481 g/mol. The molecular weight excluding hydrogens is 458 g/mol. The molecule has 1 heterocycles. The molecule has 34 heavy (non-hydrogen) atoms. The molecule has 2 aromatic carbocycles. The van der Waals surface area contributed by atoms with Gasteiger partial charge in [0.2, 0.25) is 5.91 Å². The van der Waals surface area contributed by atoms with E-state index in [4.69, 9.17) is 14.7 Å². The number of nitrogens with one attached hydrogen (secondary N) is 1. The molecule has 3 aromatic rings. The van der Waals surface area contributed by atoms with Crippen molar-refractivity contribution < 1.29 is 29.1 Å². The van der Waals surface area contributed by atoms with Gasteiger partial charge in [-0.3, -0.25) is 14.9 Å². The molecule has 0 bridgehead atoms. The summed E-state index contributed by atoms with van der Waals surface area (Å²) in [5.41, 5.74) is 4.58. The number of ether oxygens (including phenoxy) is 1. The van der Waals surface area contributed by atoms with Crippen LogP contribution in [-0.2, 0) is 25.6 Å². The molecule has 0 radical (unpaired) electrons. The number of aryl methyl sites for hydroxylation is 1. The van der Waals surface area contributed by atoms with Crippen LogP contribution < -0.4 is 5.32 Å². The number of carboxylic acids is 1. The average molecular weight is 482 g/mol. The van der Waals surface area contributed by atoms with E-state index in [0.29, 0.717) is 11.6 Å². The Hall–Kier alpha value is -3.76. The zero-order chi connectivity index (χ0) is 24.1. The second kappa shape index (κ2) is 10.4. The third kappa shape index (κ3) is 5.41. The zero-order valence-corrected chi connectivity index (χ0v) is 19.2. The molecule has 0 aliphatic heterocycles. The highest BCUT2D eigenvalue weighted by Crippen LogP contribution is 2.44. The summed E-state index contributed by atoms with van der Waals surface area (Å²) in [6.07, 6.45) is 1.47. The topological polar surface area (TPSA) is 118 Å². The molecule has 9 nitrogen and oxygen atoms in total. The van der Waals surface area contributed by atoms with Crippen LogP contribution >= 0.6 is 11.3 Å². The molecule has 0 atom stereocenters. The van der Waals surface area contributed by atoms with Crippen molar-refractivity contribution in [2.24, 2.45) is 0 Å². The van der Waals surface area contributed by atoms with E-state index in [1.165, 1.54) is 18.4 Å². The molecule has 10 heteroatoms. The predicted octanol–water partition coefficient (Wildman–Crippen LogP) is 3.91. The Bertz CT molecular complexity index is 1170. The van der Waals surface area contributed by atoms with Crippen LogP contribution in [-0.4, -0.2) is 53.4 Å². The lowest BCUT2D eigenvalue weighted by molar-refractivity contribution is -0.185. The summed E-state index contributed by atoms with van der Waals surface area (Å²) in [4.78, 5) is 44.7. The number of amides is 2. The minimum absolute atomic E-state index is 0.0312. The Balaban J connectivity index is 1.28. The van der Waals surface area contributed by atoms with Crippen molar-refractivity contribution in [1.29, 1.82) is 0 Å². The Kier molecular flexibility index (Phi) is 7.19. The summed E-state index contributed by atoms with van der Waals surface area (Å²) < 4.78 is 5.52. The van der Waals surface area contributed by atoms with E-state index in [0.717, 1.165) is 32.2 Å². The van der Waals surface area contributed by atoms with E-state index in [-0.39, 0.29) is 24.9 Å². The van der Waals surface area contributed by atoms with Crippen molar-refractivity contribution in [3.8, 4) is 11.1 Å². The fourth-order valence-electron chi connectivity index (χ4n) is 3.81. The molecule has 0 saturated carbocycles. The van der Waals surface area contributed by atoms with Gasteiger partial charge in [0.05, 0.1) is 0 Å². The number of aliphatic carboxylic acids is 1. The number of hydroxylamine groups is 2. The molecule has 1 aromatic heterocycles. The maximum atomic E-state index is 12.4. The van der Waals surface area contributed by atoms with Crippen LogP contribution in [0.2, 0.25) is 0 Å². The van der Waals surface area contributed by atoms with E-state index in [1.54, 1.807) is 6.20 Å². The van der Waals surface area contributed by atoms with Gasteiger partial charge in [0.25, 0.3) is 0 Å². The maximum absolute atomic E-state index is 12.4. The number of aromatic nitrogens is 1. The predicted molar refractivity (Wildman–Crippen MR) is 125 cm³/mol. The lowest BCUT2D eigenvalue weighted by atomic mass is 9.98. The fraction of sp³-hybridized carbons (Fsp3) is 0.250. The van der Waals surface area contributed by atoms with Gasteiger partial charge < -0.3 is 9.84 Å². The van der Waals surface area contributed by atoms with Crippen LogP contribution in [0, 0.1) is 0 Å². The molecule has 4 rings (SSSR count). The van der Waals surface area contributed by atoms with Crippen LogP contribution in [0.5, 0.6) is 0 Å². The summed E-state index contributed by atoms with van der Waals surface area (Å²) in [5.74, 6) is -1.55. The van der Waals surface area contributed by atoms with Crippen LogP contribution in [0.15, 0.2) is 54.7 Å². The standard InChI is InChI=1S/C24H23N3O6S/c1-27(33-14-22(29)30)21(28)11-10-15-12-25-23(34-15)26-24(31)32-13-20-18-8-4-2-6-16(18)17-7-3-5-9-19(17)20/h2-9,12,20H,10-11,13-14H2,1H3,(H,29,30)(H,25,26,31). The quantitative estimate of drug-likeness (QED) is 0.445. The minimum Gasteiger partial charge on any atom is -0.479 e.